The summed E-state index contributed by atoms with van der Waals surface area (Å²) in [4.78, 5) is 0. The fourth-order valence-electron chi connectivity index (χ4n) is 0.575. The molecule has 1 rings (SSSR count). The highest BCUT2D eigenvalue weighted by molar-refractivity contribution is 6.31. The van der Waals surface area contributed by atoms with Crippen molar-refractivity contribution in [3.05, 3.63) is 23.3 Å². The molecule has 0 saturated carbocycles. The molecule has 0 aliphatic heterocycles. The molecule has 0 spiro atoms. The van der Waals surface area contributed by atoms with Gasteiger partial charge in [-0.05, 0) is 13.0 Å². The van der Waals surface area contributed by atoms with Gasteiger partial charge < -0.3 is 0 Å². The van der Waals surface area contributed by atoms with E-state index in [1.54, 1.807) is 6.08 Å². The normalized spacial score (nSPS) is 20.0. The van der Waals surface area contributed by atoms with E-state index in [9.17, 15) is 0 Å². The molecule has 60 valence electrons. The molecule has 0 aromatic rings. The summed E-state index contributed by atoms with van der Waals surface area (Å²) < 4.78 is 0. The molecular weight excluding hydrogens is 156 g/mol. The van der Waals surface area contributed by atoms with Gasteiger partial charge in [-0.2, -0.15) is 0 Å². The molecule has 0 bridgehead atoms. The molecule has 1 aliphatic rings. The molecule has 0 heterocycles. The average Bonchev–Trinajstić information content (AvgIpc) is 2.20. The second-order valence-electron chi connectivity index (χ2n) is 1.97. The summed E-state index contributed by atoms with van der Waals surface area (Å²) >= 11 is 5.66. The van der Waals surface area contributed by atoms with Crippen LogP contribution in [0.2, 0.25) is 0 Å². The number of hydrogen-bond acceptors (Lipinski definition) is 0. The Labute approximate surface area is 73.9 Å². The third-order valence-electron chi connectivity index (χ3n) is 1.07. The van der Waals surface area contributed by atoms with Gasteiger partial charge in [-0.1, -0.05) is 43.4 Å². The fourth-order valence-corrected chi connectivity index (χ4v) is 0.702. The molecule has 0 radical (unpaired) electrons. The first-order valence-corrected chi connectivity index (χ1v) is 4.22. The molecule has 1 aliphatic carbocycles. The average molecular weight is 169 g/mol. The fraction of sp³-hybridized carbons (Fsp3) is 0.400. The summed E-state index contributed by atoms with van der Waals surface area (Å²) in [6, 6.07) is 0. The van der Waals surface area contributed by atoms with Crippen molar-refractivity contribution in [3.8, 4) is 11.8 Å². The molecule has 0 fully saturated rings. The van der Waals surface area contributed by atoms with E-state index in [1.165, 1.54) is 0 Å². The minimum atomic E-state index is 0.331. The van der Waals surface area contributed by atoms with E-state index in [4.69, 9.17) is 11.6 Å². The Bertz CT molecular complexity index is 213. The highest BCUT2D eigenvalue weighted by Crippen LogP contribution is 2.07. The summed E-state index contributed by atoms with van der Waals surface area (Å²) in [5, 5.41) is 0.715. The van der Waals surface area contributed by atoms with Crippen molar-refractivity contribution in [2.75, 3.05) is 0 Å². The van der Waals surface area contributed by atoms with Gasteiger partial charge in [-0.25, -0.2) is 0 Å². The Morgan fingerprint density at radius 3 is 2.73 bits per heavy atom. The van der Waals surface area contributed by atoms with Gasteiger partial charge in [0.2, 0.25) is 0 Å². The summed E-state index contributed by atoms with van der Waals surface area (Å²) in [6.45, 7) is 6.03. The third-order valence-corrected chi connectivity index (χ3v) is 1.30. The number of hydrogen-bond donors (Lipinski definition) is 0. The van der Waals surface area contributed by atoms with Crippen LogP contribution in [0.25, 0.3) is 0 Å². The van der Waals surface area contributed by atoms with Crippen molar-refractivity contribution in [1.82, 2.24) is 0 Å². The van der Waals surface area contributed by atoms with Crippen LogP contribution >= 0.6 is 11.6 Å². The zero-order valence-electron chi connectivity index (χ0n) is 7.19. The van der Waals surface area contributed by atoms with Crippen LogP contribution in [-0.4, -0.2) is 0 Å². The van der Waals surface area contributed by atoms with Crippen molar-refractivity contribution >= 4 is 11.6 Å². The van der Waals surface area contributed by atoms with Crippen molar-refractivity contribution in [2.45, 2.75) is 20.8 Å². The highest BCUT2D eigenvalue weighted by Gasteiger charge is 1.91. The minimum absolute atomic E-state index is 0.331. The van der Waals surface area contributed by atoms with Crippen LogP contribution in [0.1, 0.15) is 20.8 Å². The van der Waals surface area contributed by atoms with E-state index in [2.05, 4.69) is 11.8 Å². The standard InChI is InChI=1S/C8H7Cl.C2H6/c1-7-3-2-4-8(9)6-5-7;1-2/h4-7H,1H3;1-2H3. The van der Waals surface area contributed by atoms with Gasteiger partial charge >= 0.3 is 0 Å². The lowest BCUT2D eigenvalue weighted by Crippen LogP contribution is -1.79. The van der Waals surface area contributed by atoms with E-state index >= 15 is 0 Å². The summed E-state index contributed by atoms with van der Waals surface area (Å²) in [6.07, 6.45) is 5.56. The van der Waals surface area contributed by atoms with Crippen LogP contribution in [-0.2, 0) is 0 Å². The molecule has 0 aromatic carbocycles. The maximum atomic E-state index is 5.66. The van der Waals surface area contributed by atoms with E-state index in [0.29, 0.717) is 11.0 Å². The number of halogens is 1. The smallest absolute Gasteiger partial charge is 0.0486 e. The summed E-state index contributed by atoms with van der Waals surface area (Å²) in [5.74, 6) is 6.15. The second kappa shape index (κ2) is 6.07. The molecule has 0 saturated heterocycles. The maximum absolute atomic E-state index is 5.66. The first-order chi connectivity index (χ1) is 5.29. The van der Waals surface area contributed by atoms with Crippen LogP contribution in [0.15, 0.2) is 23.3 Å². The number of allylic oxidation sites excluding steroid dienone is 4. The zero-order chi connectivity index (χ0) is 8.69. The molecule has 1 atom stereocenters. The van der Waals surface area contributed by atoms with Crippen molar-refractivity contribution in [2.24, 2.45) is 5.92 Å². The molecule has 1 unspecified atom stereocenters. The van der Waals surface area contributed by atoms with E-state index in [1.807, 2.05) is 32.9 Å². The van der Waals surface area contributed by atoms with Crippen LogP contribution in [0.3, 0.4) is 0 Å². The van der Waals surface area contributed by atoms with Gasteiger partial charge in [-0.15, -0.1) is 0 Å². The predicted octanol–water partition coefficient (Wildman–Crippen LogP) is 3.34. The predicted molar refractivity (Wildman–Crippen MR) is 51.4 cm³/mol. The molecule has 0 amide bonds. The quantitative estimate of drug-likeness (QED) is 0.487. The Balaban J connectivity index is 0.000000461. The Kier molecular flexibility index (Phi) is 5.70. The van der Waals surface area contributed by atoms with Crippen molar-refractivity contribution < 1.29 is 0 Å². The highest BCUT2D eigenvalue weighted by atomic mass is 35.5. The number of rotatable bonds is 0. The molecular formula is C10H13Cl. The van der Waals surface area contributed by atoms with Gasteiger partial charge in [0.25, 0.3) is 0 Å². The van der Waals surface area contributed by atoms with Crippen molar-refractivity contribution in [1.29, 1.82) is 0 Å². The largest absolute Gasteiger partial charge is 0.0912 e. The Morgan fingerprint density at radius 1 is 1.45 bits per heavy atom. The third kappa shape index (κ3) is 4.70. The lowest BCUT2D eigenvalue weighted by molar-refractivity contribution is 0.982. The van der Waals surface area contributed by atoms with Gasteiger partial charge in [0.15, 0.2) is 0 Å². The molecule has 0 N–H and O–H groups in total. The van der Waals surface area contributed by atoms with Crippen LogP contribution < -0.4 is 0 Å². The first kappa shape index (κ1) is 10.3. The van der Waals surface area contributed by atoms with Crippen LogP contribution in [0.4, 0.5) is 0 Å². The first-order valence-electron chi connectivity index (χ1n) is 3.84. The zero-order valence-corrected chi connectivity index (χ0v) is 7.94. The molecule has 0 aromatic heterocycles. The Morgan fingerprint density at radius 2 is 2.09 bits per heavy atom. The second-order valence-corrected chi connectivity index (χ2v) is 2.40. The van der Waals surface area contributed by atoms with Crippen LogP contribution in [0, 0.1) is 17.8 Å². The monoisotopic (exact) mass is 168 g/mol. The van der Waals surface area contributed by atoms with Gasteiger partial charge in [0.05, 0.1) is 0 Å². The van der Waals surface area contributed by atoms with Gasteiger partial charge in [0.1, 0.15) is 0 Å². The van der Waals surface area contributed by atoms with Crippen molar-refractivity contribution in [3.63, 3.8) is 0 Å². The molecule has 0 nitrogen and oxygen atoms in total. The summed E-state index contributed by atoms with van der Waals surface area (Å²) in [5.41, 5.74) is 0. The van der Waals surface area contributed by atoms with Crippen LogP contribution in [0.5, 0.6) is 0 Å². The van der Waals surface area contributed by atoms with E-state index in [-0.39, 0.29) is 0 Å². The van der Waals surface area contributed by atoms with Gasteiger partial charge in [-0.3, -0.25) is 0 Å². The Hall–Kier alpha value is -0.670. The molecule has 11 heavy (non-hydrogen) atoms. The van der Waals surface area contributed by atoms with E-state index < -0.39 is 0 Å². The van der Waals surface area contributed by atoms with E-state index in [0.717, 1.165) is 0 Å². The molecule has 1 heteroatoms. The lowest BCUT2D eigenvalue weighted by Gasteiger charge is -1.88. The minimum Gasteiger partial charge on any atom is -0.0912 e. The SMILES string of the molecule is CC.CC1C#CC=C(Cl)C=C1. The summed E-state index contributed by atoms with van der Waals surface area (Å²) in [7, 11) is 0. The maximum Gasteiger partial charge on any atom is 0.0486 e. The topological polar surface area (TPSA) is 0 Å². The lowest BCUT2D eigenvalue weighted by atomic mass is 10.2. The van der Waals surface area contributed by atoms with Gasteiger partial charge in [0, 0.05) is 17.0 Å².